The summed E-state index contributed by atoms with van der Waals surface area (Å²) in [6.45, 7) is 20.9. The van der Waals surface area contributed by atoms with Gasteiger partial charge in [-0.15, -0.1) is 0 Å². The predicted molar refractivity (Wildman–Crippen MR) is 416 cm³/mol. The molecule has 12 aromatic heterocycles. The molecule has 0 radical (unpaired) electrons. The van der Waals surface area contributed by atoms with E-state index in [0.717, 1.165) is 133 Å². The van der Waals surface area contributed by atoms with Gasteiger partial charge in [-0.2, -0.15) is 0 Å². The molecule has 16 rings (SSSR count). The lowest BCUT2D eigenvalue weighted by Crippen LogP contribution is -2.31. The van der Waals surface area contributed by atoms with Crippen molar-refractivity contribution in [2.24, 2.45) is 28.2 Å². The first-order valence-corrected chi connectivity index (χ1v) is 34.4. The summed E-state index contributed by atoms with van der Waals surface area (Å²) in [6.07, 6.45) is 11.0. The molecule has 0 aliphatic rings. The summed E-state index contributed by atoms with van der Waals surface area (Å²) in [4.78, 5) is 17.9. The number of nitrogens with zero attached hydrogens (tertiary/aromatic N) is 8. The van der Waals surface area contributed by atoms with Crippen LogP contribution in [0.1, 0.15) is 191 Å². The summed E-state index contributed by atoms with van der Waals surface area (Å²) >= 11 is 0. The Kier molecular flexibility index (Phi) is 15.6. The van der Waals surface area contributed by atoms with Crippen LogP contribution in [0.3, 0.4) is 0 Å². The molecular weight excluding hydrogens is 1260 g/mol. The minimum atomic E-state index is -2.46. The Hall–Kier alpha value is -10.7. The second-order valence-electron chi connectivity index (χ2n) is 27.7. The minimum Gasteiger partial charge on any atom is -0.437 e. The fraction of sp³-hybridized carbons (Fsp3) is 0.289. The van der Waals surface area contributed by atoms with Crippen molar-refractivity contribution >= 4 is 88.3 Å². The van der Waals surface area contributed by atoms with Crippen LogP contribution in [-0.4, -0.2) is 19.9 Å². The van der Waals surface area contributed by atoms with E-state index in [2.05, 4.69) is 79.3 Å². The van der Waals surface area contributed by atoms with Crippen molar-refractivity contribution in [3.05, 3.63) is 239 Å². The van der Waals surface area contributed by atoms with E-state index < -0.39 is 49.1 Å². The molecule has 4 aromatic carbocycles. The third-order valence-electron chi connectivity index (χ3n) is 19.4. The normalized spacial score (nSPS) is 15.4. The highest BCUT2D eigenvalue weighted by Crippen LogP contribution is 2.42. The molecule has 2 unspecified atom stereocenters. The van der Waals surface area contributed by atoms with E-state index in [-0.39, 0.29) is 0 Å². The van der Waals surface area contributed by atoms with Crippen molar-refractivity contribution in [1.29, 1.82) is 0 Å². The van der Waals surface area contributed by atoms with Crippen LogP contribution in [0.5, 0.6) is 0 Å². The van der Waals surface area contributed by atoms with Gasteiger partial charge < -0.3 is 17.7 Å². The summed E-state index contributed by atoms with van der Waals surface area (Å²) in [7, 11) is 7.82. The highest BCUT2D eigenvalue weighted by Gasteiger charge is 2.27. The van der Waals surface area contributed by atoms with Crippen molar-refractivity contribution in [3.63, 3.8) is 0 Å². The van der Waals surface area contributed by atoms with Crippen LogP contribution in [0.2, 0.25) is 0 Å². The molecule has 16 aromatic rings. The van der Waals surface area contributed by atoms with Crippen molar-refractivity contribution in [2.45, 2.75) is 146 Å². The maximum absolute atomic E-state index is 8.51. The van der Waals surface area contributed by atoms with E-state index in [1.807, 2.05) is 190 Å². The number of fused-ring (bicyclic) bond motifs is 12. The molecule has 0 amide bonds. The second kappa shape index (κ2) is 28.4. The molecule has 0 saturated carbocycles. The number of furan rings is 4. The first-order chi connectivity index (χ1) is 53.1. The number of aryl methyl sites for hydroxylation is 8. The predicted octanol–water partition coefficient (Wildman–Crippen LogP) is 21.9. The molecule has 0 saturated heterocycles. The van der Waals surface area contributed by atoms with Crippen LogP contribution < -0.4 is 18.3 Å². The van der Waals surface area contributed by atoms with Crippen LogP contribution in [0.4, 0.5) is 0 Å². The number of hydrogen-bond donors (Lipinski definition) is 0. The van der Waals surface area contributed by atoms with Gasteiger partial charge in [0.05, 0.1) is 22.3 Å². The number of hydrogen-bond acceptors (Lipinski definition) is 8. The van der Waals surface area contributed by atoms with E-state index in [1.54, 1.807) is 62.9 Å². The standard InChI is InChI=1S/2C24H27N2O.2C21H21N2O/c2*1-14(2)17-11-12-26(6)21(13-17)22-16(5)7-8-18-19-9-10-20(15(3)4)25-24(19)27-23(18)22;2*1-13(2)15-9-11-23(4)18(12-15)19-14(3)7-8-16-17-6-5-10-22-21(17)24-20(16)19/h2*7-15H,1-6H3;2*5-13H,1-4H3/q4*+1/i1D3,14D,15D;14D,15D;1D3,13D;13D. The molecule has 12 nitrogen and oxygen atoms in total. The molecule has 0 N–H and O–H groups in total. The third kappa shape index (κ3) is 13.2. The fourth-order valence-corrected chi connectivity index (χ4v) is 13.4. The average molecular weight is 1370 g/mol. The molecular formula is C90H96N8O4+4. The van der Waals surface area contributed by atoms with Gasteiger partial charge in [0.1, 0.15) is 28.2 Å². The Morgan fingerprint density at radius 1 is 0.314 bits per heavy atom. The second-order valence-corrected chi connectivity index (χ2v) is 27.7. The summed E-state index contributed by atoms with van der Waals surface area (Å²) in [5.74, 6) is -6.43. The van der Waals surface area contributed by atoms with E-state index in [9.17, 15) is 0 Å². The Bertz CT molecular complexity index is 6460. The Morgan fingerprint density at radius 3 is 0.853 bits per heavy atom. The summed E-state index contributed by atoms with van der Waals surface area (Å²) < 4.78 is 130. The number of pyridine rings is 8. The van der Waals surface area contributed by atoms with E-state index in [0.29, 0.717) is 56.5 Å². The van der Waals surface area contributed by atoms with Gasteiger partial charge in [0.2, 0.25) is 45.6 Å². The average Bonchev–Trinajstić information content (AvgIpc) is 1.58. The Labute approximate surface area is 615 Å². The van der Waals surface area contributed by atoms with Crippen LogP contribution >= 0.6 is 0 Å². The molecule has 516 valence electrons. The number of rotatable bonds is 10. The SMILES string of the molecule is [2H]C(C)(C)c1cc[n+](C)c(-c2c(C)ccc3c2oc2nc(C([2H])(C)C)ccc23)c1.[2H]C(C)(C)c1cc[n+](C)c(-c2c(C)ccc3c2oc2ncccc23)c1.[2H]C(C)(C)c1ccc2c(n1)oc1c(-c3cc(C([2H])(C)C([2H])([2H])[2H])cc[n+]3C)c(C)ccc12.[2H]C([2H])([2H])C([2H])(C)c1cc[n+](C)c(-c2c(C)ccc3c2oc2ncccc23)c1. The molecule has 12 heterocycles. The molecule has 0 bridgehead atoms. The summed E-state index contributed by atoms with van der Waals surface area (Å²) in [5, 5.41) is 7.71. The zero-order valence-electron chi connectivity index (χ0n) is 73.5. The molecule has 2 atom stereocenters. The Morgan fingerprint density at radius 2 is 0.578 bits per heavy atom. The van der Waals surface area contributed by atoms with Gasteiger partial charge in [0.15, 0.2) is 47.1 Å². The van der Waals surface area contributed by atoms with Crippen molar-refractivity contribution in [3.8, 4) is 45.0 Å². The highest BCUT2D eigenvalue weighted by molar-refractivity contribution is 6.12. The van der Waals surface area contributed by atoms with Gasteiger partial charge in [-0.05, 0) is 156 Å². The number of aromatic nitrogens is 8. The quantitative estimate of drug-likeness (QED) is 0.124. The monoisotopic (exact) mass is 1360 g/mol. The summed E-state index contributed by atoms with van der Waals surface area (Å²) in [6, 6.07) is 47.0. The van der Waals surface area contributed by atoms with Gasteiger partial charge >= 0.3 is 0 Å². The van der Waals surface area contributed by atoms with Crippen LogP contribution in [0.15, 0.2) is 200 Å². The first-order valence-electron chi connectivity index (χ1n) is 40.4. The van der Waals surface area contributed by atoms with Crippen LogP contribution in [0, 0.1) is 27.7 Å². The molecule has 102 heavy (non-hydrogen) atoms. The van der Waals surface area contributed by atoms with Crippen molar-refractivity contribution < 1.29 is 52.4 Å². The lowest BCUT2D eigenvalue weighted by atomic mass is 9.97. The largest absolute Gasteiger partial charge is 0.437 e. The Balaban J connectivity index is 0.000000133. The highest BCUT2D eigenvalue weighted by atomic mass is 16.4. The summed E-state index contributed by atoms with van der Waals surface area (Å²) in [5.41, 5.74) is 20.9. The lowest BCUT2D eigenvalue weighted by molar-refractivity contribution is -0.660. The maximum atomic E-state index is 8.51. The van der Waals surface area contributed by atoms with E-state index >= 15 is 0 Å². The van der Waals surface area contributed by atoms with Gasteiger partial charge in [-0.1, -0.05) is 131 Å². The van der Waals surface area contributed by atoms with Crippen LogP contribution in [-0.2, 0) is 28.2 Å². The maximum Gasteiger partial charge on any atom is 0.227 e. The van der Waals surface area contributed by atoms with Crippen molar-refractivity contribution in [2.75, 3.05) is 0 Å². The van der Waals surface area contributed by atoms with Gasteiger partial charge in [0, 0.05) is 132 Å². The zero-order chi connectivity index (χ0) is 82.8. The number of benzene rings is 4. The van der Waals surface area contributed by atoms with Gasteiger partial charge in [0.25, 0.3) is 0 Å². The van der Waals surface area contributed by atoms with Crippen molar-refractivity contribution in [1.82, 2.24) is 19.9 Å². The van der Waals surface area contributed by atoms with E-state index in [4.69, 9.17) is 34.1 Å². The molecule has 0 spiro atoms. The van der Waals surface area contributed by atoms with Crippen LogP contribution in [0.25, 0.3) is 133 Å². The topological polar surface area (TPSA) is 120 Å². The zero-order valence-corrected chi connectivity index (χ0v) is 61.5. The smallest absolute Gasteiger partial charge is 0.227 e. The van der Waals surface area contributed by atoms with Gasteiger partial charge in [-0.25, -0.2) is 38.2 Å². The lowest BCUT2D eigenvalue weighted by Gasteiger charge is -2.09. The molecule has 0 aliphatic heterocycles. The first kappa shape index (κ1) is 56.0. The third-order valence-corrected chi connectivity index (χ3v) is 19.4. The van der Waals surface area contributed by atoms with Gasteiger partial charge in [-0.3, -0.25) is 0 Å². The molecule has 12 heteroatoms. The molecule has 0 fully saturated rings. The fourth-order valence-electron chi connectivity index (χ4n) is 13.4. The molecule has 0 aliphatic carbocycles. The minimum absolute atomic E-state index is 0.412. The van der Waals surface area contributed by atoms with E-state index in [1.165, 1.54) is 13.8 Å².